The second-order valence-corrected chi connectivity index (χ2v) is 7.11. The molecule has 0 aliphatic carbocycles. The van der Waals surface area contributed by atoms with Crippen LogP contribution in [0.3, 0.4) is 0 Å². The van der Waals surface area contributed by atoms with Crippen molar-refractivity contribution in [2.75, 3.05) is 0 Å². The third-order valence-electron chi connectivity index (χ3n) is 4.92. The molecule has 0 spiro atoms. The Hall–Kier alpha value is -2.68. The van der Waals surface area contributed by atoms with Gasteiger partial charge in [0.05, 0.1) is 5.69 Å². The van der Waals surface area contributed by atoms with E-state index >= 15 is 0 Å². The van der Waals surface area contributed by atoms with Crippen molar-refractivity contribution < 1.29 is 41.3 Å². The number of aryl methyl sites for hydroxylation is 1. The molecule has 0 atom stereocenters. The molecule has 0 aliphatic rings. The maximum atomic E-state index is 4.55. The largest absolute Gasteiger partial charge is 3.00 e. The molecule has 2 nitrogen and oxygen atoms in total. The van der Waals surface area contributed by atoms with Gasteiger partial charge in [-0.1, -0.05) is 72.8 Å². The molecule has 0 radical (unpaired) electrons. The summed E-state index contributed by atoms with van der Waals surface area (Å²) in [6.07, 6.45) is 3.75. The minimum absolute atomic E-state index is 0. The molecule has 0 aliphatic heterocycles. The van der Waals surface area contributed by atoms with Gasteiger partial charge in [-0.3, -0.25) is 4.98 Å². The molecule has 5 rings (SSSR count). The van der Waals surface area contributed by atoms with E-state index < -0.39 is 0 Å². The Kier molecular flexibility index (Phi) is 16.2. The Morgan fingerprint density at radius 1 is 0.611 bits per heavy atom. The first-order chi connectivity index (χ1) is 17.3. The molecule has 36 heavy (non-hydrogen) atoms. The summed E-state index contributed by atoms with van der Waals surface area (Å²) in [6, 6.07) is 39.7. The number of nitrogens with zero attached hydrogens (tertiary/aromatic N) is 2. The fourth-order valence-corrected chi connectivity index (χ4v) is 3.32. The van der Waals surface area contributed by atoms with Crippen molar-refractivity contribution in [3.8, 4) is 33.6 Å². The average Bonchev–Trinajstić information content (AvgIpc) is 2.97. The first-order valence-corrected chi connectivity index (χ1v) is 11.7. The molecule has 2 aromatic heterocycles. The van der Waals surface area contributed by atoms with Gasteiger partial charge in [-0.05, 0) is 35.9 Å². The van der Waals surface area contributed by atoms with Crippen LogP contribution in [0.15, 0.2) is 122 Å². The maximum Gasteiger partial charge on any atom is 3.00 e. The van der Waals surface area contributed by atoms with E-state index in [1.54, 1.807) is 13.8 Å². The first kappa shape index (κ1) is 31.4. The number of hydrogen-bond donors (Lipinski definition) is 0. The van der Waals surface area contributed by atoms with Crippen LogP contribution in [0.25, 0.3) is 33.6 Å². The summed E-state index contributed by atoms with van der Waals surface area (Å²) in [4.78, 5) is 8.80. The SMILES string of the molecule is Cc1cc(-c2[c-]cccc2)ncc1-c1ccccc1.[CH2-]C.[CH2-]C.[Pr+3].c1ccc(-c2ccccn2)cc1. The van der Waals surface area contributed by atoms with E-state index in [0.29, 0.717) is 0 Å². The van der Waals surface area contributed by atoms with E-state index in [9.17, 15) is 0 Å². The van der Waals surface area contributed by atoms with Crippen LogP contribution in [0.5, 0.6) is 0 Å². The molecule has 0 amide bonds. The van der Waals surface area contributed by atoms with E-state index in [1.807, 2.05) is 91.3 Å². The second-order valence-electron chi connectivity index (χ2n) is 7.11. The van der Waals surface area contributed by atoms with E-state index in [0.717, 1.165) is 22.5 Å². The van der Waals surface area contributed by atoms with Gasteiger partial charge in [0.15, 0.2) is 0 Å². The monoisotopic (exact) mass is 598 g/mol. The van der Waals surface area contributed by atoms with Crippen LogP contribution in [-0.4, -0.2) is 9.97 Å². The Morgan fingerprint density at radius 2 is 1.19 bits per heavy atom. The number of hydrogen-bond acceptors (Lipinski definition) is 2. The van der Waals surface area contributed by atoms with Crippen LogP contribution in [0.2, 0.25) is 0 Å². The van der Waals surface area contributed by atoms with Gasteiger partial charge >= 0.3 is 41.3 Å². The van der Waals surface area contributed by atoms with Gasteiger partial charge in [-0.25, -0.2) is 0 Å². The van der Waals surface area contributed by atoms with E-state index in [2.05, 4.69) is 67.1 Å². The molecule has 178 valence electrons. The molecule has 2 heterocycles. The Bertz CT molecular complexity index is 1170. The number of pyridine rings is 2. The zero-order valence-corrected chi connectivity index (χ0v) is 25.1. The van der Waals surface area contributed by atoms with Gasteiger partial charge in [0.1, 0.15) is 0 Å². The predicted octanol–water partition coefficient (Wildman–Crippen LogP) is 8.95. The molecular weight excluding hydrogens is 565 g/mol. The number of aromatic nitrogens is 2. The quantitative estimate of drug-likeness (QED) is 0.194. The fraction of sp³-hybridized carbons (Fsp3) is 0.0909. The van der Waals surface area contributed by atoms with Crippen molar-refractivity contribution in [2.24, 2.45) is 0 Å². The normalized spacial score (nSPS) is 9.03. The summed E-state index contributed by atoms with van der Waals surface area (Å²) in [5, 5.41) is 0. The number of rotatable bonds is 3. The standard InChI is InChI=1S/C18H14N.C11H9N.2C2H5.Pr/c1-14-12-18(16-10-6-3-7-11-16)19-13-17(14)15-8-4-2-5-9-15;1-2-6-10(7-3-1)11-8-4-5-9-12-11;2*1-2;/h2-10,12-13H,1H3;1-9H;2*1H2,2H3;/q-1;;2*-1;+3. The zero-order chi connectivity index (χ0) is 25.3. The van der Waals surface area contributed by atoms with Gasteiger partial charge in [0, 0.05) is 23.5 Å². The van der Waals surface area contributed by atoms with Gasteiger partial charge in [-0.2, -0.15) is 13.8 Å². The molecule has 0 bridgehead atoms. The molecule has 3 aromatic carbocycles. The summed E-state index contributed by atoms with van der Waals surface area (Å²) in [5.74, 6) is 0. The molecular formula is C33H33N2Pr. The van der Waals surface area contributed by atoms with Gasteiger partial charge in [0.25, 0.3) is 0 Å². The predicted molar refractivity (Wildman–Crippen MR) is 150 cm³/mol. The second kappa shape index (κ2) is 18.6. The number of benzene rings is 3. The summed E-state index contributed by atoms with van der Waals surface area (Å²) in [6.45, 7) is 12.1. The summed E-state index contributed by atoms with van der Waals surface area (Å²) < 4.78 is 0. The van der Waals surface area contributed by atoms with Crippen LogP contribution in [0, 0.1) is 68.1 Å². The third kappa shape index (κ3) is 9.76. The van der Waals surface area contributed by atoms with Crippen molar-refractivity contribution in [1.29, 1.82) is 0 Å². The topological polar surface area (TPSA) is 25.8 Å². The van der Waals surface area contributed by atoms with Crippen LogP contribution < -0.4 is 0 Å². The van der Waals surface area contributed by atoms with E-state index in [-0.39, 0.29) is 41.3 Å². The first-order valence-electron chi connectivity index (χ1n) is 11.7. The molecule has 0 unspecified atom stereocenters. The van der Waals surface area contributed by atoms with Crippen molar-refractivity contribution in [2.45, 2.75) is 20.8 Å². The van der Waals surface area contributed by atoms with Crippen molar-refractivity contribution in [3.63, 3.8) is 0 Å². The van der Waals surface area contributed by atoms with Crippen LogP contribution in [0.4, 0.5) is 0 Å². The zero-order valence-electron chi connectivity index (χ0n) is 21.4. The maximum absolute atomic E-state index is 4.55. The average molecular weight is 599 g/mol. The van der Waals surface area contributed by atoms with E-state index in [4.69, 9.17) is 0 Å². The summed E-state index contributed by atoms with van der Waals surface area (Å²) >= 11 is 0. The Labute approximate surface area is 250 Å². The van der Waals surface area contributed by atoms with Crippen LogP contribution in [0.1, 0.15) is 19.4 Å². The van der Waals surface area contributed by atoms with Crippen LogP contribution >= 0.6 is 0 Å². The molecule has 3 heteroatoms. The molecule has 5 aromatic rings. The van der Waals surface area contributed by atoms with E-state index in [1.165, 1.54) is 16.7 Å². The van der Waals surface area contributed by atoms with Crippen LogP contribution in [-0.2, 0) is 0 Å². The smallest absolute Gasteiger partial charge is 0.346 e. The minimum Gasteiger partial charge on any atom is -0.346 e. The Balaban J connectivity index is 0.000000330. The fourth-order valence-electron chi connectivity index (χ4n) is 3.32. The molecule has 0 saturated heterocycles. The van der Waals surface area contributed by atoms with Gasteiger partial charge < -0.3 is 18.8 Å². The Morgan fingerprint density at radius 3 is 1.72 bits per heavy atom. The molecule has 0 fully saturated rings. The molecule has 0 saturated carbocycles. The van der Waals surface area contributed by atoms with Gasteiger partial charge in [0.2, 0.25) is 0 Å². The van der Waals surface area contributed by atoms with Crippen molar-refractivity contribution >= 4 is 0 Å². The van der Waals surface area contributed by atoms with Crippen molar-refractivity contribution in [1.82, 2.24) is 9.97 Å². The summed E-state index contributed by atoms with van der Waals surface area (Å²) in [7, 11) is 0. The summed E-state index contributed by atoms with van der Waals surface area (Å²) in [5.41, 5.74) is 7.81. The van der Waals surface area contributed by atoms with Gasteiger partial charge in [-0.15, -0.1) is 35.9 Å². The molecule has 0 N–H and O–H groups in total. The third-order valence-corrected chi connectivity index (χ3v) is 4.92. The van der Waals surface area contributed by atoms with Crippen molar-refractivity contribution in [3.05, 3.63) is 147 Å². The minimum atomic E-state index is 0.